The molecule has 4 rings (SSSR count). The zero-order valence-electron chi connectivity index (χ0n) is 19.7. The highest BCUT2D eigenvalue weighted by Crippen LogP contribution is 2.31. The van der Waals surface area contributed by atoms with E-state index >= 15 is 0 Å². The first-order valence-electron chi connectivity index (χ1n) is 11.5. The molecular formula is C28H26F3N3O2. The van der Waals surface area contributed by atoms with Gasteiger partial charge in [0.15, 0.2) is 5.69 Å². The Balaban J connectivity index is 1.51. The van der Waals surface area contributed by atoms with Crippen molar-refractivity contribution in [1.82, 2.24) is 15.2 Å². The maximum Gasteiger partial charge on any atom is 0.416 e. The number of nitrogens with zero attached hydrogens (tertiary/aromatic N) is 2. The van der Waals surface area contributed by atoms with Gasteiger partial charge in [-0.3, -0.25) is 9.69 Å². The lowest BCUT2D eigenvalue weighted by molar-refractivity contribution is -0.137. The van der Waals surface area contributed by atoms with E-state index in [2.05, 4.69) is 10.3 Å². The van der Waals surface area contributed by atoms with Crippen molar-refractivity contribution >= 4 is 5.91 Å². The zero-order chi connectivity index (χ0) is 25.5. The van der Waals surface area contributed by atoms with E-state index < -0.39 is 11.7 Å². The van der Waals surface area contributed by atoms with E-state index in [1.54, 1.807) is 6.07 Å². The van der Waals surface area contributed by atoms with E-state index in [1.807, 2.05) is 72.5 Å². The fourth-order valence-electron chi connectivity index (χ4n) is 3.88. The lowest BCUT2D eigenvalue weighted by Crippen LogP contribution is -2.27. The third-order valence-corrected chi connectivity index (χ3v) is 5.89. The van der Waals surface area contributed by atoms with E-state index in [0.29, 0.717) is 18.0 Å². The van der Waals surface area contributed by atoms with Crippen LogP contribution in [0, 0.1) is 0 Å². The van der Waals surface area contributed by atoms with Crippen LogP contribution >= 0.6 is 0 Å². The molecule has 0 saturated carbocycles. The molecule has 1 N–H and O–H groups in total. The highest BCUT2D eigenvalue weighted by atomic mass is 19.4. The van der Waals surface area contributed by atoms with Crippen molar-refractivity contribution < 1.29 is 22.4 Å². The van der Waals surface area contributed by atoms with E-state index in [9.17, 15) is 18.0 Å². The number of hydrogen-bond donors (Lipinski definition) is 1. The summed E-state index contributed by atoms with van der Waals surface area (Å²) in [4.78, 5) is 18.8. The number of oxazole rings is 1. The second-order valence-corrected chi connectivity index (χ2v) is 8.48. The molecule has 36 heavy (non-hydrogen) atoms. The number of nitrogens with one attached hydrogen (secondary N) is 1. The van der Waals surface area contributed by atoms with Crippen LogP contribution in [0.4, 0.5) is 13.2 Å². The van der Waals surface area contributed by atoms with Crippen molar-refractivity contribution in [2.24, 2.45) is 0 Å². The van der Waals surface area contributed by atoms with Gasteiger partial charge in [-0.2, -0.15) is 13.2 Å². The molecule has 186 valence electrons. The van der Waals surface area contributed by atoms with Crippen molar-refractivity contribution in [3.8, 4) is 0 Å². The number of benzene rings is 3. The molecule has 0 spiro atoms. The quantitative estimate of drug-likeness (QED) is 0.294. The van der Waals surface area contributed by atoms with Gasteiger partial charge < -0.3 is 9.73 Å². The number of alkyl halides is 3. The highest BCUT2D eigenvalue weighted by Gasteiger charge is 2.30. The molecule has 3 aromatic carbocycles. The lowest BCUT2D eigenvalue weighted by Gasteiger charge is -2.28. The first-order valence-corrected chi connectivity index (χ1v) is 11.5. The number of carbonyl (C=O) groups excluding carboxylic acids is 1. The number of hydrogen-bond acceptors (Lipinski definition) is 4. The predicted octanol–water partition coefficient (Wildman–Crippen LogP) is 6.39. The Morgan fingerprint density at radius 1 is 0.944 bits per heavy atom. The minimum atomic E-state index is -4.42. The van der Waals surface area contributed by atoms with Gasteiger partial charge in [-0.1, -0.05) is 78.9 Å². The zero-order valence-corrected chi connectivity index (χ0v) is 19.7. The van der Waals surface area contributed by atoms with E-state index in [0.717, 1.165) is 23.3 Å². The summed E-state index contributed by atoms with van der Waals surface area (Å²) in [5.74, 6) is -0.0657. The Morgan fingerprint density at radius 3 is 2.31 bits per heavy atom. The molecule has 0 radical (unpaired) electrons. The minimum absolute atomic E-state index is 0.146. The van der Waals surface area contributed by atoms with Crippen molar-refractivity contribution in [3.63, 3.8) is 0 Å². The van der Waals surface area contributed by atoms with Gasteiger partial charge in [-0.05, 0) is 29.7 Å². The van der Waals surface area contributed by atoms with Gasteiger partial charge in [0.2, 0.25) is 5.89 Å². The smallest absolute Gasteiger partial charge is 0.416 e. The molecular weight excluding hydrogens is 467 g/mol. The van der Waals surface area contributed by atoms with E-state index in [1.165, 1.54) is 12.3 Å². The van der Waals surface area contributed by atoms with Crippen LogP contribution in [0.2, 0.25) is 0 Å². The maximum absolute atomic E-state index is 13.2. The first-order chi connectivity index (χ1) is 17.3. The number of aromatic nitrogens is 1. The normalized spacial score (nSPS) is 12.5. The number of carbonyl (C=O) groups is 1. The summed E-state index contributed by atoms with van der Waals surface area (Å²) in [6.45, 7) is 2.77. The van der Waals surface area contributed by atoms with E-state index in [-0.39, 0.29) is 30.7 Å². The standard InChI is InChI=1S/C28H26F3N3O2/c1-20(23-12-6-3-7-13-23)34(17-22-11-8-14-24(15-22)28(29,30)31)18-26-33-25(19-36-26)27(35)32-16-21-9-4-2-5-10-21/h2-15,19-20H,16-18H2,1H3,(H,32,35)/t20-/m0/s1. The molecule has 0 unspecified atom stereocenters. The number of amides is 1. The van der Waals surface area contributed by atoms with Gasteiger partial charge in [-0.15, -0.1) is 0 Å². The summed E-state index contributed by atoms with van der Waals surface area (Å²) >= 11 is 0. The average molecular weight is 494 g/mol. The molecule has 0 aliphatic heterocycles. The maximum atomic E-state index is 13.2. The fourth-order valence-corrected chi connectivity index (χ4v) is 3.88. The Morgan fingerprint density at radius 2 is 1.61 bits per heavy atom. The molecule has 0 aliphatic carbocycles. The van der Waals surface area contributed by atoms with Crippen LogP contribution in [0.5, 0.6) is 0 Å². The van der Waals surface area contributed by atoms with Crippen LogP contribution in [0.3, 0.4) is 0 Å². The Labute approximate surface area is 207 Å². The molecule has 0 fully saturated rings. The molecule has 1 atom stereocenters. The molecule has 0 bridgehead atoms. The number of halogens is 3. The summed E-state index contributed by atoms with van der Waals surface area (Å²) in [6, 6.07) is 24.3. The van der Waals surface area contributed by atoms with Crippen LogP contribution in [-0.2, 0) is 25.8 Å². The van der Waals surface area contributed by atoms with Crippen molar-refractivity contribution in [2.45, 2.75) is 38.8 Å². The molecule has 1 aromatic heterocycles. The van der Waals surface area contributed by atoms with Gasteiger partial charge in [0.05, 0.1) is 12.1 Å². The van der Waals surface area contributed by atoms with Crippen molar-refractivity contribution in [1.29, 1.82) is 0 Å². The van der Waals surface area contributed by atoms with Crippen LogP contribution in [-0.4, -0.2) is 15.8 Å². The Hall–Kier alpha value is -3.91. The summed E-state index contributed by atoms with van der Waals surface area (Å²) in [5.41, 5.74) is 1.92. The van der Waals surface area contributed by atoms with Crippen LogP contribution < -0.4 is 5.32 Å². The number of rotatable bonds is 9. The second-order valence-electron chi connectivity index (χ2n) is 8.48. The molecule has 5 nitrogen and oxygen atoms in total. The van der Waals surface area contributed by atoms with Crippen molar-refractivity contribution in [2.75, 3.05) is 0 Å². The van der Waals surface area contributed by atoms with Gasteiger partial charge in [0.1, 0.15) is 6.26 Å². The van der Waals surface area contributed by atoms with Gasteiger partial charge in [0.25, 0.3) is 5.91 Å². The first kappa shape index (κ1) is 25.2. The second kappa shape index (κ2) is 11.2. The highest BCUT2D eigenvalue weighted by molar-refractivity contribution is 5.91. The largest absolute Gasteiger partial charge is 0.447 e. The summed E-state index contributed by atoms with van der Waals surface area (Å²) in [6.07, 6.45) is -3.12. The summed E-state index contributed by atoms with van der Waals surface area (Å²) < 4.78 is 45.3. The van der Waals surface area contributed by atoms with Crippen LogP contribution in [0.25, 0.3) is 0 Å². The third-order valence-electron chi connectivity index (χ3n) is 5.89. The molecule has 4 aromatic rings. The molecule has 8 heteroatoms. The van der Waals surface area contributed by atoms with E-state index in [4.69, 9.17) is 4.42 Å². The summed E-state index contributed by atoms with van der Waals surface area (Å²) in [5, 5.41) is 2.81. The average Bonchev–Trinajstić information content (AvgIpc) is 3.36. The van der Waals surface area contributed by atoms with Crippen molar-refractivity contribution in [3.05, 3.63) is 125 Å². The Bertz CT molecular complexity index is 1270. The predicted molar refractivity (Wildman–Crippen MR) is 130 cm³/mol. The monoisotopic (exact) mass is 493 g/mol. The van der Waals surface area contributed by atoms with Gasteiger partial charge in [-0.25, -0.2) is 4.98 Å². The lowest BCUT2D eigenvalue weighted by atomic mass is 10.0. The Kier molecular flexibility index (Phi) is 7.85. The SMILES string of the molecule is C[C@@H](c1ccccc1)N(Cc1cccc(C(F)(F)F)c1)Cc1nc(C(=O)NCc2ccccc2)co1. The molecule has 0 saturated heterocycles. The fraction of sp³-hybridized carbons (Fsp3) is 0.214. The minimum Gasteiger partial charge on any atom is -0.447 e. The third kappa shape index (κ3) is 6.60. The molecule has 1 heterocycles. The topological polar surface area (TPSA) is 58.4 Å². The van der Waals surface area contributed by atoms with Crippen LogP contribution in [0.1, 0.15) is 51.6 Å². The molecule has 0 aliphatic rings. The summed E-state index contributed by atoms with van der Waals surface area (Å²) in [7, 11) is 0. The van der Waals surface area contributed by atoms with Gasteiger partial charge >= 0.3 is 6.18 Å². The van der Waals surface area contributed by atoms with Crippen LogP contribution in [0.15, 0.2) is 95.6 Å². The molecule has 1 amide bonds. The van der Waals surface area contributed by atoms with Gasteiger partial charge in [0, 0.05) is 19.1 Å².